The Morgan fingerprint density at radius 3 is 2.61 bits per heavy atom. The Balaban J connectivity index is 1.58. The number of anilines is 3. The molecule has 2 aliphatic heterocycles. The van der Waals surface area contributed by atoms with Crippen molar-refractivity contribution in [1.29, 1.82) is 0 Å². The normalized spacial score (nSPS) is 15.4. The van der Waals surface area contributed by atoms with E-state index in [1.165, 1.54) is 12.0 Å². The van der Waals surface area contributed by atoms with Gasteiger partial charge in [-0.3, -0.25) is 14.5 Å². The first-order valence-electron chi connectivity index (χ1n) is 9.96. The topological polar surface area (TPSA) is 88.2 Å². The number of fused-ring (bicyclic) bond motifs is 1. The summed E-state index contributed by atoms with van der Waals surface area (Å²) in [7, 11) is 1.31. The molecule has 0 aliphatic carbocycles. The summed E-state index contributed by atoms with van der Waals surface area (Å²) in [6, 6.07) is 10.4. The van der Waals surface area contributed by atoms with Gasteiger partial charge in [0.2, 0.25) is 5.91 Å². The van der Waals surface area contributed by atoms with Crippen molar-refractivity contribution >= 4 is 50.8 Å². The van der Waals surface area contributed by atoms with Crippen LogP contribution in [0.1, 0.15) is 23.2 Å². The van der Waals surface area contributed by atoms with Crippen LogP contribution in [0, 0.1) is 0 Å². The molecule has 2 amide bonds. The molecule has 0 saturated carbocycles. The molecule has 0 aromatic heterocycles. The Labute approximate surface area is 188 Å². The van der Waals surface area contributed by atoms with Crippen molar-refractivity contribution in [3.63, 3.8) is 0 Å². The number of rotatable bonds is 5. The van der Waals surface area contributed by atoms with Gasteiger partial charge in [-0.25, -0.2) is 4.79 Å². The molecule has 0 atom stereocenters. The molecular formula is C22H22BrN3O5. The molecule has 162 valence electrons. The zero-order chi connectivity index (χ0) is 22.0. The summed E-state index contributed by atoms with van der Waals surface area (Å²) < 4.78 is 11.1. The zero-order valence-corrected chi connectivity index (χ0v) is 18.6. The Kier molecular flexibility index (Phi) is 6.13. The van der Waals surface area contributed by atoms with Crippen LogP contribution in [0.25, 0.3) is 0 Å². The van der Waals surface area contributed by atoms with Gasteiger partial charge in [0, 0.05) is 17.6 Å². The lowest BCUT2D eigenvalue weighted by atomic mass is 10.1. The van der Waals surface area contributed by atoms with E-state index in [2.05, 4.69) is 26.1 Å². The highest BCUT2D eigenvalue weighted by Gasteiger charge is 2.28. The summed E-state index contributed by atoms with van der Waals surface area (Å²) in [6.45, 7) is 1.46. The predicted molar refractivity (Wildman–Crippen MR) is 120 cm³/mol. The van der Waals surface area contributed by atoms with Crippen LogP contribution in [0.15, 0.2) is 40.9 Å². The lowest BCUT2D eigenvalue weighted by Gasteiger charge is -2.29. The molecule has 0 unspecified atom stereocenters. The van der Waals surface area contributed by atoms with Crippen LogP contribution in [-0.4, -0.2) is 51.1 Å². The number of hydrogen-bond donors (Lipinski definition) is 1. The lowest BCUT2D eigenvalue weighted by Crippen LogP contribution is -2.43. The van der Waals surface area contributed by atoms with Gasteiger partial charge in [0.1, 0.15) is 12.3 Å². The highest BCUT2D eigenvalue weighted by molar-refractivity contribution is 9.10. The Bertz CT molecular complexity index is 1040. The maximum Gasteiger partial charge on any atom is 0.337 e. The molecule has 1 N–H and O–H groups in total. The van der Waals surface area contributed by atoms with E-state index < -0.39 is 5.97 Å². The standard InChI is InChI=1S/C22H22BrN3O5/c1-30-22(29)14-4-6-17(25-8-2-3-9-25)16(10-14)24-20(27)12-26-18-7-5-15(23)11-19(18)31-13-21(26)28/h4-7,10-11H,2-3,8-9,12-13H2,1H3,(H,24,27). The first-order chi connectivity index (χ1) is 15.0. The van der Waals surface area contributed by atoms with Crippen molar-refractivity contribution in [2.75, 3.05) is 48.5 Å². The third-order valence-electron chi connectivity index (χ3n) is 5.31. The van der Waals surface area contributed by atoms with E-state index in [1.54, 1.807) is 30.3 Å². The molecule has 8 nitrogen and oxygen atoms in total. The maximum atomic E-state index is 12.9. The number of ether oxygens (including phenoxy) is 2. The van der Waals surface area contributed by atoms with Gasteiger partial charge in [-0.2, -0.15) is 0 Å². The average Bonchev–Trinajstić information content (AvgIpc) is 3.29. The lowest BCUT2D eigenvalue weighted by molar-refractivity contribution is -0.123. The smallest absolute Gasteiger partial charge is 0.337 e. The Hall–Kier alpha value is -3.07. The van der Waals surface area contributed by atoms with Gasteiger partial charge in [0.25, 0.3) is 5.91 Å². The third-order valence-corrected chi connectivity index (χ3v) is 5.80. The molecule has 2 heterocycles. The second-order valence-electron chi connectivity index (χ2n) is 7.35. The van der Waals surface area contributed by atoms with E-state index in [9.17, 15) is 14.4 Å². The molecule has 31 heavy (non-hydrogen) atoms. The highest BCUT2D eigenvalue weighted by Crippen LogP contribution is 2.35. The maximum absolute atomic E-state index is 12.9. The number of methoxy groups -OCH3 is 1. The van der Waals surface area contributed by atoms with E-state index >= 15 is 0 Å². The second-order valence-corrected chi connectivity index (χ2v) is 8.26. The van der Waals surface area contributed by atoms with Crippen LogP contribution in [0.3, 0.4) is 0 Å². The average molecular weight is 488 g/mol. The molecule has 4 rings (SSSR count). The fourth-order valence-corrected chi connectivity index (χ4v) is 4.14. The molecule has 2 aliphatic rings. The number of amides is 2. The van der Waals surface area contributed by atoms with Gasteiger partial charge in [0.05, 0.1) is 29.7 Å². The summed E-state index contributed by atoms with van der Waals surface area (Å²) in [4.78, 5) is 40.9. The van der Waals surface area contributed by atoms with Crippen molar-refractivity contribution < 1.29 is 23.9 Å². The molecule has 2 aromatic carbocycles. The minimum atomic E-state index is -0.480. The quantitative estimate of drug-likeness (QED) is 0.651. The van der Waals surface area contributed by atoms with Gasteiger partial charge in [-0.05, 0) is 49.2 Å². The van der Waals surface area contributed by atoms with Gasteiger partial charge >= 0.3 is 5.97 Å². The van der Waals surface area contributed by atoms with E-state index in [1.807, 2.05) is 6.07 Å². The molecular weight excluding hydrogens is 466 g/mol. The number of carbonyl (C=O) groups is 3. The van der Waals surface area contributed by atoms with E-state index in [-0.39, 0.29) is 25.0 Å². The Morgan fingerprint density at radius 1 is 1.13 bits per heavy atom. The van der Waals surface area contributed by atoms with Crippen molar-refractivity contribution in [2.24, 2.45) is 0 Å². The van der Waals surface area contributed by atoms with E-state index in [4.69, 9.17) is 9.47 Å². The van der Waals surface area contributed by atoms with E-state index in [0.29, 0.717) is 22.7 Å². The number of hydrogen-bond acceptors (Lipinski definition) is 6. The SMILES string of the molecule is COC(=O)c1ccc(N2CCCC2)c(NC(=O)CN2C(=O)COc3cc(Br)ccc32)c1. The second kappa shape index (κ2) is 8.97. The van der Waals surface area contributed by atoms with Crippen LogP contribution < -0.4 is 19.9 Å². The van der Waals surface area contributed by atoms with Gasteiger partial charge in [0.15, 0.2) is 6.61 Å². The first-order valence-corrected chi connectivity index (χ1v) is 10.8. The number of halogens is 1. The molecule has 2 aromatic rings. The molecule has 9 heteroatoms. The third kappa shape index (κ3) is 4.51. The highest BCUT2D eigenvalue weighted by atomic mass is 79.9. The monoisotopic (exact) mass is 487 g/mol. The minimum Gasteiger partial charge on any atom is -0.482 e. The summed E-state index contributed by atoms with van der Waals surface area (Å²) in [6.07, 6.45) is 2.14. The molecule has 0 radical (unpaired) electrons. The van der Waals surface area contributed by atoms with Gasteiger partial charge in [-0.15, -0.1) is 0 Å². The number of esters is 1. The predicted octanol–water partition coefficient (Wildman–Crippen LogP) is 3.20. The van der Waals surface area contributed by atoms with Crippen LogP contribution >= 0.6 is 15.9 Å². The minimum absolute atomic E-state index is 0.131. The largest absolute Gasteiger partial charge is 0.482 e. The van der Waals surface area contributed by atoms with Crippen molar-refractivity contribution in [1.82, 2.24) is 0 Å². The molecule has 0 bridgehead atoms. The van der Waals surface area contributed by atoms with E-state index in [0.717, 1.165) is 36.1 Å². The van der Waals surface area contributed by atoms with Gasteiger partial charge < -0.3 is 19.7 Å². The fourth-order valence-electron chi connectivity index (χ4n) is 3.80. The summed E-state index contributed by atoms with van der Waals surface area (Å²) in [5.41, 5.74) is 2.25. The zero-order valence-electron chi connectivity index (χ0n) is 17.0. The summed E-state index contributed by atoms with van der Waals surface area (Å²) in [5, 5.41) is 2.88. The van der Waals surface area contributed by atoms with Crippen LogP contribution in [0.5, 0.6) is 5.75 Å². The summed E-state index contributed by atoms with van der Waals surface area (Å²) >= 11 is 3.38. The van der Waals surface area contributed by atoms with Gasteiger partial charge in [-0.1, -0.05) is 15.9 Å². The Morgan fingerprint density at radius 2 is 1.87 bits per heavy atom. The fraction of sp³-hybridized carbons (Fsp3) is 0.318. The number of nitrogens with one attached hydrogen (secondary N) is 1. The number of carbonyl (C=O) groups excluding carboxylic acids is 3. The number of benzene rings is 2. The van der Waals surface area contributed by atoms with Crippen molar-refractivity contribution in [3.8, 4) is 5.75 Å². The summed E-state index contributed by atoms with van der Waals surface area (Å²) in [5.74, 6) is -0.613. The van der Waals surface area contributed by atoms with Crippen molar-refractivity contribution in [3.05, 3.63) is 46.4 Å². The van der Waals surface area contributed by atoms with Crippen LogP contribution in [-0.2, 0) is 14.3 Å². The molecule has 1 fully saturated rings. The van der Waals surface area contributed by atoms with Crippen LogP contribution in [0.4, 0.5) is 17.1 Å². The van der Waals surface area contributed by atoms with Crippen LogP contribution in [0.2, 0.25) is 0 Å². The molecule has 1 saturated heterocycles. The van der Waals surface area contributed by atoms with Crippen molar-refractivity contribution in [2.45, 2.75) is 12.8 Å². The first kappa shape index (κ1) is 21.2. The number of nitrogens with zero attached hydrogens (tertiary/aromatic N) is 2. The molecule has 0 spiro atoms.